The van der Waals surface area contributed by atoms with Gasteiger partial charge in [-0.05, 0) is 158 Å². The molecule has 8 aromatic heterocycles. The highest BCUT2D eigenvalue weighted by atomic mass is 32.1. The van der Waals surface area contributed by atoms with Gasteiger partial charge in [0.05, 0.1) is 63.5 Å². The van der Waals surface area contributed by atoms with Gasteiger partial charge >= 0.3 is 0 Å². The predicted octanol–water partition coefficient (Wildman–Crippen LogP) is 27.2. The third-order valence-electron chi connectivity index (χ3n) is 16.8. The van der Waals surface area contributed by atoms with E-state index in [1.165, 1.54) is 70.7 Å². The van der Waals surface area contributed by atoms with E-state index < -0.39 is 0 Å². The molecule has 0 N–H and O–H groups in total. The van der Waals surface area contributed by atoms with Crippen molar-refractivity contribution in [3.05, 3.63) is 318 Å². The van der Waals surface area contributed by atoms with Gasteiger partial charge in [0.1, 0.15) is 12.1 Å². The molecule has 528 valence electrons. The summed E-state index contributed by atoms with van der Waals surface area (Å²) in [6.07, 6.45) is 12.5. The van der Waals surface area contributed by atoms with Gasteiger partial charge in [-0.15, -0.1) is 11.3 Å². The van der Waals surface area contributed by atoms with Crippen molar-refractivity contribution in [2.45, 2.75) is 178 Å². The summed E-state index contributed by atoms with van der Waals surface area (Å²) in [6.45, 7) is 39.1. The molecule has 0 amide bonds. The minimum atomic E-state index is 0.442. The zero-order valence-electron chi connectivity index (χ0n) is 63.5. The van der Waals surface area contributed by atoms with Gasteiger partial charge in [-0.25, -0.2) is 15.0 Å². The summed E-state index contributed by atoms with van der Waals surface area (Å²) in [5.41, 5.74) is 13.8. The van der Waals surface area contributed by atoms with Gasteiger partial charge in [-0.1, -0.05) is 270 Å². The molecule has 0 aliphatic heterocycles. The number of benzene rings is 7. The van der Waals surface area contributed by atoms with Crippen molar-refractivity contribution in [2.75, 3.05) is 0 Å². The van der Waals surface area contributed by atoms with Crippen molar-refractivity contribution in [3.63, 3.8) is 0 Å². The van der Waals surface area contributed by atoms with Gasteiger partial charge < -0.3 is 8.83 Å². The van der Waals surface area contributed by atoms with E-state index in [2.05, 4.69) is 304 Å². The number of hydrogen-bond donors (Lipinski definition) is 0. The van der Waals surface area contributed by atoms with Crippen molar-refractivity contribution in [1.82, 2.24) is 34.9 Å². The van der Waals surface area contributed by atoms with E-state index in [1.54, 1.807) is 25.1 Å². The smallest absolute Gasteiger partial charge is 0.116 e. The molecule has 0 bridgehead atoms. The van der Waals surface area contributed by atoms with Crippen molar-refractivity contribution >= 4 is 76.6 Å². The van der Waals surface area contributed by atoms with Crippen LogP contribution in [0.3, 0.4) is 0 Å². The number of aromatic nitrogens is 7. The molecule has 0 fully saturated rings. The molecule has 0 aliphatic rings. The number of nitrogens with zero attached hydrogens (tertiary/aromatic N) is 7. The second-order valence-electron chi connectivity index (χ2n) is 27.9. The van der Waals surface area contributed by atoms with Gasteiger partial charge in [0.25, 0.3) is 0 Å². The number of pyridine rings is 3. The highest BCUT2D eigenvalue weighted by molar-refractivity contribution is 7.10. The van der Waals surface area contributed by atoms with Crippen LogP contribution in [0.1, 0.15) is 228 Å². The van der Waals surface area contributed by atoms with Crippen LogP contribution in [0.25, 0.3) is 65.3 Å². The molecule has 0 saturated carbocycles. The highest BCUT2D eigenvalue weighted by Gasteiger charge is 2.10. The molecule has 0 spiro atoms. The first-order valence-corrected chi connectivity index (χ1v) is 37.0. The van der Waals surface area contributed by atoms with Crippen LogP contribution >= 0.6 is 11.3 Å². The Morgan fingerprint density at radius 3 is 1.37 bits per heavy atom. The Balaban J connectivity index is 0.000000162. The molecule has 0 unspecified atom stereocenters. The van der Waals surface area contributed by atoms with E-state index in [0.29, 0.717) is 53.3 Å². The number of rotatable bonds is 9. The van der Waals surface area contributed by atoms with Crippen LogP contribution < -0.4 is 0 Å². The van der Waals surface area contributed by atoms with E-state index in [-0.39, 0.29) is 0 Å². The second kappa shape index (κ2) is 41.0. The largest absolute Gasteiger partial charge is 0.472 e. The molecule has 0 atom stereocenters. The van der Waals surface area contributed by atoms with Crippen LogP contribution in [-0.4, -0.2) is 34.9 Å². The molecule has 8 heterocycles. The van der Waals surface area contributed by atoms with Crippen LogP contribution in [0.15, 0.2) is 276 Å². The summed E-state index contributed by atoms with van der Waals surface area (Å²) in [5.74, 6) is 5.93. The molecular weight excluding hydrogens is 1270 g/mol. The zero-order valence-corrected chi connectivity index (χ0v) is 64.3. The van der Waals surface area contributed by atoms with Crippen LogP contribution in [0.2, 0.25) is 0 Å². The van der Waals surface area contributed by atoms with Gasteiger partial charge in [0.2, 0.25) is 0 Å². The molecule has 15 aromatic rings. The molecule has 10 heteroatoms. The lowest BCUT2D eigenvalue weighted by Gasteiger charge is -2.08. The Morgan fingerprint density at radius 2 is 0.833 bits per heavy atom. The first-order chi connectivity index (χ1) is 49.1. The lowest BCUT2D eigenvalue weighted by molar-refractivity contribution is 0.487. The topological polar surface area (TPSA) is 117 Å². The van der Waals surface area contributed by atoms with Gasteiger partial charge in [-0.3, -0.25) is 19.9 Å². The fourth-order valence-corrected chi connectivity index (χ4v) is 11.7. The van der Waals surface area contributed by atoms with Crippen LogP contribution in [0.4, 0.5) is 0 Å². The highest BCUT2D eigenvalue weighted by Crippen LogP contribution is 2.28. The number of fused-ring (bicyclic) bond motifs is 6. The molecule has 15 rings (SSSR count). The first kappa shape index (κ1) is 79.3. The molecule has 0 radical (unpaired) electrons. The number of thiophene rings is 1. The monoisotopic (exact) mass is 1370 g/mol. The van der Waals surface area contributed by atoms with E-state index in [4.69, 9.17) is 8.83 Å². The Labute approximate surface area is 612 Å². The fourth-order valence-electron chi connectivity index (χ4n) is 11.0. The van der Waals surface area contributed by atoms with E-state index >= 15 is 0 Å². The number of furan rings is 2. The fraction of sp³-hybridized carbons (Fsp3) is 0.293. The molecule has 102 heavy (non-hydrogen) atoms. The average molecular weight is 1370 g/mol. The number of hydrogen-bond acceptors (Lipinski definition) is 10. The molecule has 0 aliphatic carbocycles. The summed E-state index contributed by atoms with van der Waals surface area (Å²) in [6, 6.07) is 74.6. The predicted molar refractivity (Wildman–Crippen MR) is 437 cm³/mol. The normalized spacial score (nSPS) is 10.9. The second-order valence-corrected chi connectivity index (χ2v) is 28.9. The SMILES string of the molecule is CC(C)c1ccc2ccccc2n1.CC(C)c1cccc2ccccc12.CC(C)c1ccco1.CC(C)c1cccs1.CC(C)c1ccnc2ccccc12.CC(C)c1ccoc1.CC(C)c1cnc2ccccc2n1.CC(C)c1nccc2ccccc12.CC(C)c1ncnc2ccccc12. The van der Waals surface area contributed by atoms with Crippen LogP contribution in [0, 0.1) is 0 Å². The van der Waals surface area contributed by atoms with E-state index in [9.17, 15) is 0 Å². The number of para-hydroxylation sites is 5. The summed E-state index contributed by atoms with van der Waals surface area (Å²) >= 11 is 1.83. The Morgan fingerprint density at radius 1 is 0.304 bits per heavy atom. The molecule has 9 nitrogen and oxygen atoms in total. The van der Waals surface area contributed by atoms with Gasteiger partial charge in [0, 0.05) is 56.6 Å². The van der Waals surface area contributed by atoms with Crippen molar-refractivity contribution in [1.29, 1.82) is 0 Å². The Hall–Kier alpha value is -10.0. The van der Waals surface area contributed by atoms with Crippen LogP contribution in [0.5, 0.6) is 0 Å². The van der Waals surface area contributed by atoms with E-state index in [0.717, 1.165) is 44.7 Å². The molecule has 7 aromatic carbocycles. The van der Waals surface area contributed by atoms with Crippen molar-refractivity contribution in [3.8, 4) is 0 Å². The van der Waals surface area contributed by atoms with Crippen molar-refractivity contribution in [2.24, 2.45) is 0 Å². The summed E-state index contributed by atoms with van der Waals surface area (Å²) in [7, 11) is 0. The Bertz CT molecular complexity index is 4300. The maximum atomic E-state index is 5.09. The standard InChI is InChI=1S/C13H14.3C12H13N.2C11H12N2.2C7H10O.C7H10S/c1-10(2)12-9-5-7-11-6-3-4-8-13(11)12;1-9(2)10-7-8-13-12-6-4-3-5-11(10)12;1-9(2)11-8-7-10-5-3-4-6-12(10)13-11;1-9(2)12-11-6-4-3-5-10(11)7-8-13-12;1-8(2)11-9-5-3-4-6-10(9)12-7-13-11;1-8(2)11-7-12-9-5-3-4-6-10(9)13-11;1-6(2)7-3-4-8-5-7;2*1-6(2)7-4-3-5-8-7/h3-10H,1-2H3;3*3-9H,1-2H3;2*3-8H,1-2H3;3*3-6H,1-2H3. The summed E-state index contributed by atoms with van der Waals surface area (Å²) in [5, 5.41) is 11.1. The lowest BCUT2D eigenvalue weighted by Crippen LogP contribution is -1.94. The van der Waals surface area contributed by atoms with Crippen LogP contribution in [-0.2, 0) is 0 Å². The maximum absolute atomic E-state index is 5.09. The maximum Gasteiger partial charge on any atom is 0.116 e. The first-order valence-electron chi connectivity index (χ1n) is 36.1. The summed E-state index contributed by atoms with van der Waals surface area (Å²) < 4.78 is 9.97. The van der Waals surface area contributed by atoms with E-state index in [1.807, 2.05) is 109 Å². The third-order valence-corrected chi connectivity index (χ3v) is 18.0. The quantitative estimate of drug-likeness (QED) is 0.139. The minimum Gasteiger partial charge on any atom is -0.472 e. The molecular formula is C92H107N7O2S. The third kappa shape index (κ3) is 24.4. The lowest BCUT2D eigenvalue weighted by atomic mass is 9.96. The summed E-state index contributed by atoms with van der Waals surface area (Å²) in [4.78, 5) is 32.1. The van der Waals surface area contributed by atoms with Gasteiger partial charge in [0.15, 0.2) is 0 Å². The van der Waals surface area contributed by atoms with Gasteiger partial charge in [-0.2, -0.15) is 0 Å². The minimum absolute atomic E-state index is 0.442. The Kier molecular flexibility index (Phi) is 31.9. The molecule has 0 saturated heterocycles. The zero-order chi connectivity index (χ0) is 73.5. The average Bonchev–Trinajstić information content (AvgIpc) is 1.22. The van der Waals surface area contributed by atoms with Crippen molar-refractivity contribution < 1.29 is 8.83 Å².